The zero-order valence-electron chi connectivity index (χ0n) is 18.7. The fourth-order valence-corrected chi connectivity index (χ4v) is 6.80. The number of carbonyl (C=O) groups is 4. The molecule has 5 aliphatic rings. The van der Waals surface area contributed by atoms with Gasteiger partial charge >= 0.3 is 6.03 Å². The molecule has 6 rings (SSSR count). The summed E-state index contributed by atoms with van der Waals surface area (Å²) in [6, 6.07) is 4.64. The first kappa shape index (κ1) is 20.7. The normalized spacial score (nSPS) is 33.8. The maximum Gasteiger partial charge on any atom is 0.327 e. The molecule has 1 aromatic carbocycles. The number of nitrogens with zero attached hydrogens (tertiary/aromatic N) is 3. The van der Waals surface area contributed by atoms with Crippen molar-refractivity contribution in [3.05, 3.63) is 29.3 Å². The van der Waals surface area contributed by atoms with Crippen LogP contribution in [0.5, 0.6) is 0 Å². The van der Waals surface area contributed by atoms with E-state index in [1.54, 1.807) is 30.1 Å². The molecule has 5 amide bonds. The summed E-state index contributed by atoms with van der Waals surface area (Å²) < 4.78 is 5.27. The minimum absolute atomic E-state index is 0.0241. The molecular weight excluding hydrogens is 424 g/mol. The third-order valence-corrected chi connectivity index (χ3v) is 8.58. The minimum Gasteiger partial charge on any atom is -0.398 e. The minimum atomic E-state index is -0.738. The molecule has 33 heavy (non-hydrogen) atoms. The average Bonchev–Trinajstić information content (AvgIpc) is 3.10. The highest BCUT2D eigenvalue weighted by Crippen LogP contribution is 2.61. The van der Waals surface area contributed by atoms with Gasteiger partial charge in [-0.05, 0) is 56.1 Å². The number of carbonyl (C=O) groups excluding carboxylic acids is 4. The van der Waals surface area contributed by atoms with Crippen molar-refractivity contribution in [1.29, 1.82) is 0 Å². The number of benzene rings is 1. The fraction of sp³-hybridized carbons (Fsp3) is 0.583. The van der Waals surface area contributed by atoms with Crippen molar-refractivity contribution in [2.75, 3.05) is 32.5 Å². The highest BCUT2D eigenvalue weighted by atomic mass is 16.5. The van der Waals surface area contributed by atoms with Crippen LogP contribution in [0.15, 0.2) is 18.2 Å². The summed E-state index contributed by atoms with van der Waals surface area (Å²) in [7, 11) is 1.57. The lowest BCUT2D eigenvalue weighted by Crippen LogP contribution is -2.65. The quantitative estimate of drug-likeness (QED) is 0.426. The number of ether oxygens (including phenoxy) is 1. The number of rotatable bonds is 3. The third-order valence-electron chi connectivity index (χ3n) is 8.58. The molecule has 4 fully saturated rings. The van der Waals surface area contributed by atoms with Crippen LogP contribution in [0.2, 0.25) is 0 Å². The van der Waals surface area contributed by atoms with Gasteiger partial charge in [-0.25, -0.2) is 4.79 Å². The largest absolute Gasteiger partial charge is 0.398 e. The molecule has 1 aromatic rings. The van der Waals surface area contributed by atoms with Gasteiger partial charge in [0.25, 0.3) is 17.7 Å². The molecule has 3 aliphatic heterocycles. The Bertz CT molecular complexity index is 1080. The highest BCUT2D eigenvalue weighted by Gasteiger charge is 2.68. The molecule has 0 radical (unpaired) electrons. The summed E-state index contributed by atoms with van der Waals surface area (Å²) in [4.78, 5) is 56.3. The van der Waals surface area contributed by atoms with E-state index in [1.807, 2.05) is 0 Å². The highest BCUT2D eigenvalue weighted by molar-refractivity contribution is 6.23. The second-order valence-corrected chi connectivity index (χ2v) is 10.5. The predicted molar refractivity (Wildman–Crippen MR) is 117 cm³/mol. The van der Waals surface area contributed by atoms with E-state index >= 15 is 0 Å². The Morgan fingerprint density at radius 2 is 1.76 bits per heavy atom. The standard InChI is InChI=1S/C24H28N4O5/c1-26-21(31)24(27(22(26)32)9-14-10-33-11-14)12-23(13-24)7-5-15(6-8-23)28-19(29)16-3-2-4-17(25)18(16)20(28)30/h2-4,14-15H,5-13,25H2,1H3. The van der Waals surface area contributed by atoms with E-state index in [2.05, 4.69) is 0 Å². The number of amides is 5. The maximum absolute atomic E-state index is 13.1. The molecule has 174 valence electrons. The summed E-state index contributed by atoms with van der Waals surface area (Å²) in [5, 5.41) is 0. The lowest BCUT2D eigenvalue weighted by molar-refractivity contribution is -0.152. The topological polar surface area (TPSA) is 113 Å². The summed E-state index contributed by atoms with van der Waals surface area (Å²) >= 11 is 0. The first-order chi connectivity index (χ1) is 15.8. The van der Waals surface area contributed by atoms with Crippen molar-refractivity contribution >= 4 is 29.4 Å². The number of imide groups is 2. The second-order valence-electron chi connectivity index (χ2n) is 10.5. The van der Waals surface area contributed by atoms with E-state index in [9.17, 15) is 19.2 Å². The van der Waals surface area contributed by atoms with Gasteiger partial charge in [0.1, 0.15) is 5.54 Å². The Kier molecular flexibility index (Phi) is 4.25. The van der Waals surface area contributed by atoms with Crippen LogP contribution < -0.4 is 5.73 Å². The van der Waals surface area contributed by atoms with E-state index in [4.69, 9.17) is 10.5 Å². The monoisotopic (exact) mass is 452 g/mol. The second kappa shape index (κ2) is 6.79. The summed E-state index contributed by atoms with van der Waals surface area (Å²) in [6.07, 6.45) is 4.38. The zero-order valence-corrected chi connectivity index (χ0v) is 18.7. The van der Waals surface area contributed by atoms with Gasteiger partial charge in [0.2, 0.25) is 0 Å². The van der Waals surface area contributed by atoms with Crippen LogP contribution in [0.25, 0.3) is 0 Å². The molecule has 2 saturated heterocycles. The van der Waals surface area contributed by atoms with E-state index in [0.29, 0.717) is 68.2 Å². The third kappa shape index (κ3) is 2.68. The SMILES string of the molecule is CN1C(=O)N(CC2COC2)C2(CC3(CCC(N4C(=O)c5cccc(N)c5C4=O)CC3)C2)C1=O. The van der Waals surface area contributed by atoms with Crippen molar-refractivity contribution in [3.8, 4) is 0 Å². The number of fused-ring (bicyclic) bond motifs is 1. The smallest absolute Gasteiger partial charge is 0.327 e. The van der Waals surface area contributed by atoms with Gasteiger partial charge in [-0.15, -0.1) is 0 Å². The molecule has 9 nitrogen and oxygen atoms in total. The molecule has 2 saturated carbocycles. The molecule has 3 heterocycles. The number of anilines is 1. The van der Waals surface area contributed by atoms with Crippen LogP contribution in [-0.4, -0.2) is 76.8 Å². The Hall–Kier alpha value is -2.94. The van der Waals surface area contributed by atoms with Crippen LogP contribution in [0.4, 0.5) is 10.5 Å². The van der Waals surface area contributed by atoms with E-state index in [-0.39, 0.29) is 35.2 Å². The van der Waals surface area contributed by atoms with Crippen LogP contribution in [0.3, 0.4) is 0 Å². The number of urea groups is 1. The fourth-order valence-electron chi connectivity index (χ4n) is 6.80. The van der Waals surface area contributed by atoms with Gasteiger partial charge in [-0.2, -0.15) is 0 Å². The van der Waals surface area contributed by atoms with Crippen LogP contribution in [0, 0.1) is 11.3 Å². The van der Waals surface area contributed by atoms with Gasteiger partial charge in [0, 0.05) is 31.2 Å². The van der Waals surface area contributed by atoms with E-state index < -0.39 is 5.54 Å². The molecular formula is C24H28N4O5. The van der Waals surface area contributed by atoms with Crippen molar-refractivity contribution in [2.45, 2.75) is 50.1 Å². The van der Waals surface area contributed by atoms with Crippen molar-refractivity contribution in [3.63, 3.8) is 0 Å². The van der Waals surface area contributed by atoms with Crippen LogP contribution in [-0.2, 0) is 9.53 Å². The van der Waals surface area contributed by atoms with E-state index in [1.165, 1.54) is 9.80 Å². The van der Waals surface area contributed by atoms with Gasteiger partial charge in [0.15, 0.2) is 0 Å². The number of likely N-dealkylation sites (N-methyl/N-ethyl adjacent to an activating group) is 1. The number of nitrogens with two attached hydrogens (primary N) is 1. The predicted octanol–water partition coefficient (Wildman–Crippen LogP) is 1.87. The summed E-state index contributed by atoms with van der Waals surface area (Å²) in [5.41, 5.74) is 6.26. The van der Waals surface area contributed by atoms with Crippen LogP contribution in [0.1, 0.15) is 59.2 Å². The Morgan fingerprint density at radius 3 is 2.36 bits per heavy atom. The van der Waals surface area contributed by atoms with Gasteiger partial charge in [-0.1, -0.05) is 6.07 Å². The molecule has 0 unspecified atom stereocenters. The molecule has 2 spiro atoms. The number of nitrogen functional groups attached to an aromatic ring is 1. The molecule has 0 aromatic heterocycles. The molecule has 2 aliphatic carbocycles. The van der Waals surface area contributed by atoms with Gasteiger partial charge < -0.3 is 15.4 Å². The van der Waals surface area contributed by atoms with Crippen molar-refractivity contribution in [1.82, 2.24) is 14.7 Å². The average molecular weight is 453 g/mol. The lowest BCUT2D eigenvalue weighted by atomic mass is 9.51. The van der Waals surface area contributed by atoms with E-state index in [0.717, 1.165) is 12.8 Å². The Labute approximate surface area is 191 Å². The Morgan fingerprint density at radius 1 is 1.06 bits per heavy atom. The zero-order chi connectivity index (χ0) is 23.1. The van der Waals surface area contributed by atoms with Gasteiger partial charge in [0.05, 0.1) is 24.3 Å². The number of hydrogen-bond donors (Lipinski definition) is 1. The molecule has 0 atom stereocenters. The van der Waals surface area contributed by atoms with Crippen molar-refractivity contribution in [2.24, 2.45) is 11.3 Å². The van der Waals surface area contributed by atoms with Crippen LogP contribution >= 0.6 is 0 Å². The van der Waals surface area contributed by atoms with Gasteiger partial charge in [-0.3, -0.25) is 24.2 Å². The Balaban J connectivity index is 1.16. The first-order valence-electron chi connectivity index (χ1n) is 11.7. The maximum atomic E-state index is 13.1. The first-order valence-corrected chi connectivity index (χ1v) is 11.7. The molecule has 9 heteroatoms. The lowest BCUT2D eigenvalue weighted by Gasteiger charge is -2.59. The van der Waals surface area contributed by atoms with Crippen molar-refractivity contribution < 1.29 is 23.9 Å². The summed E-state index contributed by atoms with van der Waals surface area (Å²) in [5.74, 6) is -0.374. The molecule has 0 bridgehead atoms. The summed E-state index contributed by atoms with van der Waals surface area (Å²) in [6.45, 7) is 1.83. The molecule has 2 N–H and O–H groups in total. The number of hydrogen-bond acceptors (Lipinski definition) is 6.